The van der Waals surface area contributed by atoms with Crippen molar-refractivity contribution in [2.75, 3.05) is 6.61 Å². The SMILES string of the molecule is CCOC(=O)c1ccc(-c2ccccc2C(=O)O)cc1. The smallest absolute Gasteiger partial charge is 0.338 e. The van der Waals surface area contributed by atoms with E-state index < -0.39 is 5.97 Å². The molecule has 2 rings (SSSR count). The van der Waals surface area contributed by atoms with Gasteiger partial charge in [-0.05, 0) is 36.2 Å². The predicted octanol–water partition coefficient (Wildman–Crippen LogP) is 3.23. The molecule has 0 heterocycles. The zero-order valence-corrected chi connectivity index (χ0v) is 11.0. The molecule has 0 fully saturated rings. The van der Waals surface area contributed by atoms with Gasteiger partial charge in [0.1, 0.15) is 0 Å². The number of aromatic carboxylic acids is 1. The predicted molar refractivity (Wildman–Crippen MR) is 74.8 cm³/mol. The van der Waals surface area contributed by atoms with E-state index in [1.54, 1.807) is 55.5 Å². The zero-order valence-electron chi connectivity index (χ0n) is 11.0. The molecule has 4 nitrogen and oxygen atoms in total. The lowest BCUT2D eigenvalue weighted by Gasteiger charge is -2.07. The normalized spacial score (nSPS) is 10.1. The summed E-state index contributed by atoms with van der Waals surface area (Å²) in [5.41, 5.74) is 2.05. The lowest BCUT2D eigenvalue weighted by Crippen LogP contribution is -2.04. The first kappa shape index (κ1) is 13.8. The summed E-state index contributed by atoms with van der Waals surface area (Å²) in [7, 11) is 0. The molecular weight excluding hydrogens is 256 g/mol. The second-order valence-electron chi connectivity index (χ2n) is 4.15. The van der Waals surface area contributed by atoms with Crippen molar-refractivity contribution in [3.05, 3.63) is 59.7 Å². The molecule has 20 heavy (non-hydrogen) atoms. The van der Waals surface area contributed by atoms with Gasteiger partial charge in [-0.3, -0.25) is 0 Å². The Hall–Kier alpha value is -2.62. The van der Waals surface area contributed by atoms with Crippen LogP contribution >= 0.6 is 0 Å². The molecule has 0 bridgehead atoms. The number of carbonyl (C=O) groups is 2. The molecule has 0 saturated carbocycles. The minimum atomic E-state index is -0.977. The number of esters is 1. The van der Waals surface area contributed by atoms with Crippen molar-refractivity contribution < 1.29 is 19.4 Å². The second kappa shape index (κ2) is 6.02. The van der Waals surface area contributed by atoms with Gasteiger partial charge in [-0.1, -0.05) is 30.3 Å². The number of hydrogen-bond acceptors (Lipinski definition) is 3. The summed E-state index contributed by atoms with van der Waals surface area (Å²) >= 11 is 0. The van der Waals surface area contributed by atoms with Gasteiger partial charge < -0.3 is 9.84 Å². The van der Waals surface area contributed by atoms with Crippen LogP contribution in [-0.2, 0) is 4.74 Å². The highest BCUT2D eigenvalue weighted by Crippen LogP contribution is 2.24. The van der Waals surface area contributed by atoms with Crippen molar-refractivity contribution in [3.63, 3.8) is 0 Å². The van der Waals surface area contributed by atoms with E-state index in [1.165, 1.54) is 0 Å². The highest BCUT2D eigenvalue weighted by atomic mass is 16.5. The first-order chi connectivity index (χ1) is 9.63. The van der Waals surface area contributed by atoms with Gasteiger partial charge in [0, 0.05) is 0 Å². The molecule has 0 aliphatic carbocycles. The van der Waals surface area contributed by atoms with Gasteiger partial charge in [0.2, 0.25) is 0 Å². The van der Waals surface area contributed by atoms with Crippen molar-refractivity contribution in [1.82, 2.24) is 0 Å². The second-order valence-corrected chi connectivity index (χ2v) is 4.15. The molecule has 0 radical (unpaired) electrons. The zero-order chi connectivity index (χ0) is 14.5. The van der Waals surface area contributed by atoms with Crippen LogP contribution < -0.4 is 0 Å². The monoisotopic (exact) mass is 270 g/mol. The summed E-state index contributed by atoms with van der Waals surface area (Å²) < 4.78 is 4.90. The summed E-state index contributed by atoms with van der Waals surface area (Å²) in [6, 6.07) is 13.4. The lowest BCUT2D eigenvalue weighted by atomic mass is 9.99. The van der Waals surface area contributed by atoms with Gasteiger partial charge >= 0.3 is 11.9 Å². The van der Waals surface area contributed by atoms with E-state index in [-0.39, 0.29) is 11.5 Å². The molecule has 102 valence electrons. The first-order valence-corrected chi connectivity index (χ1v) is 6.23. The Kier molecular flexibility index (Phi) is 4.15. The molecule has 2 aromatic rings. The van der Waals surface area contributed by atoms with Gasteiger partial charge in [-0.25, -0.2) is 9.59 Å². The maximum absolute atomic E-state index is 11.6. The van der Waals surface area contributed by atoms with E-state index in [0.717, 1.165) is 5.56 Å². The Morgan fingerprint density at radius 2 is 1.70 bits per heavy atom. The van der Waals surface area contributed by atoms with Crippen LogP contribution in [0.25, 0.3) is 11.1 Å². The highest BCUT2D eigenvalue weighted by molar-refractivity contribution is 5.96. The number of carboxylic acids is 1. The van der Waals surface area contributed by atoms with Crippen LogP contribution in [-0.4, -0.2) is 23.7 Å². The van der Waals surface area contributed by atoms with Gasteiger partial charge in [0.25, 0.3) is 0 Å². The van der Waals surface area contributed by atoms with E-state index >= 15 is 0 Å². The van der Waals surface area contributed by atoms with Crippen molar-refractivity contribution in [2.45, 2.75) is 6.92 Å². The quantitative estimate of drug-likeness (QED) is 0.866. The molecule has 0 aliphatic heterocycles. The molecule has 0 aliphatic rings. The Labute approximate surface area is 116 Å². The number of ether oxygens (including phenoxy) is 1. The van der Waals surface area contributed by atoms with E-state index in [1.807, 2.05) is 0 Å². The standard InChI is InChI=1S/C16H14O4/c1-2-20-16(19)12-9-7-11(8-10-12)13-5-3-4-6-14(13)15(17)18/h3-10H,2H2,1H3,(H,17,18). The molecule has 0 saturated heterocycles. The summed E-state index contributed by atoms with van der Waals surface area (Å²) in [6.45, 7) is 2.07. The van der Waals surface area contributed by atoms with Crippen LogP contribution in [0.15, 0.2) is 48.5 Å². The van der Waals surface area contributed by atoms with Crippen LogP contribution in [0.2, 0.25) is 0 Å². The van der Waals surface area contributed by atoms with Crippen molar-refractivity contribution in [1.29, 1.82) is 0 Å². The van der Waals surface area contributed by atoms with Crippen LogP contribution in [0, 0.1) is 0 Å². The third-order valence-corrected chi connectivity index (χ3v) is 2.86. The summed E-state index contributed by atoms with van der Waals surface area (Å²) in [6.07, 6.45) is 0. The van der Waals surface area contributed by atoms with Gasteiger partial charge in [-0.2, -0.15) is 0 Å². The number of carbonyl (C=O) groups excluding carboxylic acids is 1. The van der Waals surface area contributed by atoms with Crippen molar-refractivity contribution in [3.8, 4) is 11.1 Å². The molecule has 0 amide bonds. The van der Waals surface area contributed by atoms with E-state index in [2.05, 4.69) is 0 Å². The number of hydrogen-bond donors (Lipinski definition) is 1. The fourth-order valence-corrected chi connectivity index (χ4v) is 1.92. The Bertz CT molecular complexity index is 629. The largest absolute Gasteiger partial charge is 0.478 e. The van der Waals surface area contributed by atoms with E-state index in [9.17, 15) is 9.59 Å². The lowest BCUT2D eigenvalue weighted by molar-refractivity contribution is 0.0526. The molecule has 1 N–H and O–H groups in total. The van der Waals surface area contributed by atoms with Crippen LogP contribution in [0.4, 0.5) is 0 Å². The third kappa shape index (κ3) is 2.85. The molecular formula is C16H14O4. The number of carboxylic acid groups (broad SMARTS) is 1. The molecule has 0 aromatic heterocycles. The fourth-order valence-electron chi connectivity index (χ4n) is 1.92. The van der Waals surface area contributed by atoms with E-state index in [4.69, 9.17) is 9.84 Å². The van der Waals surface area contributed by atoms with Crippen molar-refractivity contribution >= 4 is 11.9 Å². The summed E-state index contributed by atoms with van der Waals surface area (Å²) in [5.74, 6) is -1.36. The molecule has 0 unspecified atom stereocenters. The maximum Gasteiger partial charge on any atom is 0.338 e. The fraction of sp³-hybridized carbons (Fsp3) is 0.125. The maximum atomic E-state index is 11.6. The van der Waals surface area contributed by atoms with Crippen LogP contribution in [0.5, 0.6) is 0 Å². The molecule has 4 heteroatoms. The molecule has 0 atom stereocenters. The number of rotatable bonds is 4. The Balaban J connectivity index is 2.36. The summed E-state index contributed by atoms with van der Waals surface area (Å²) in [5, 5.41) is 9.17. The minimum Gasteiger partial charge on any atom is -0.478 e. The topological polar surface area (TPSA) is 63.6 Å². The van der Waals surface area contributed by atoms with Crippen LogP contribution in [0.3, 0.4) is 0 Å². The number of benzene rings is 2. The molecule has 2 aromatic carbocycles. The van der Waals surface area contributed by atoms with Gasteiger partial charge in [0.05, 0.1) is 17.7 Å². The minimum absolute atomic E-state index is 0.233. The highest BCUT2D eigenvalue weighted by Gasteiger charge is 2.12. The summed E-state index contributed by atoms with van der Waals surface area (Å²) in [4.78, 5) is 22.7. The Morgan fingerprint density at radius 3 is 2.30 bits per heavy atom. The average molecular weight is 270 g/mol. The van der Waals surface area contributed by atoms with E-state index in [0.29, 0.717) is 17.7 Å². The van der Waals surface area contributed by atoms with Gasteiger partial charge in [0.15, 0.2) is 0 Å². The van der Waals surface area contributed by atoms with Gasteiger partial charge in [-0.15, -0.1) is 0 Å². The third-order valence-electron chi connectivity index (χ3n) is 2.86. The first-order valence-electron chi connectivity index (χ1n) is 6.23. The average Bonchev–Trinajstić information content (AvgIpc) is 2.47. The molecule has 0 spiro atoms. The van der Waals surface area contributed by atoms with Crippen molar-refractivity contribution in [2.24, 2.45) is 0 Å². The Morgan fingerprint density at radius 1 is 1.05 bits per heavy atom. The van der Waals surface area contributed by atoms with Crippen LogP contribution in [0.1, 0.15) is 27.6 Å².